The van der Waals surface area contributed by atoms with Gasteiger partial charge >= 0.3 is 0 Å². The van der Waals surface area contributed by atoms with Gasteiger partial charge in [-0.25, -0.2) is 9.37 Å². The summed E-state index contributed by atoms with van der Waals surface area (Å²) in [5.74, 6) is 0.968. The third kappa shape index (κ3) is 6.13. The maximum absolute atomic E-state index is 13.2. The molecule has 0 saturated carbocycles. The SMILES string of the molecule is CCN(CC)CCN(C(=O)CCSc1ccc(F)cc1)c1nc2c(OC)ccc(Cl)c2s1. The van der Waals surface area contributed by atoms with Gasteiger partial charge in [-0.15, -0.1) is 11.8 Å². The lowest BCUT2D eigenvalue weighted by molar-refractivity contribution is -0.118. The van der Waals surface area contributed by atoms with Crippen molar-refractivity contribution in [1.82, 2.24) is 9.88 Å². The van der Waals surface area contributed by atoms with E-state index in [0.29, 0.717) is 40.1 Å². The molecule has 32 heavy (non-hydrogen) atoms. The maximum Gasteiger partial charge on any atom is 0.229 e. The number of halogens is 2. The molecular formula is C23H27ClFN3O2S2. The topological polar surface area (TPSA) is 45.7 Å². The van der Waals surface area contributed by atoms with Crippen molar-refractivity contribution in [3.8, 4) is 5.75 Å². The molecule has 0 aliphatic heterocycles. The fourth-order valence-corrected chi connectivity index (χ4v) is 5.39. The Morgan fingerprint density at radius 3 is 2.53 bits per heavy atom. The predicted octanol–water partition coefficient (Wildman–Crippen LogP) is 5.95. The molecule has 1 amide bonds. The summed E-state index contributed by atoms with van der Waals surface area (Å²) in [6.45, 7) is 7.34. The molecule has 172 valence electrons. The number of anilines is 1. The summed E-state index contributed by atoms with van der Waals surface area (Å²) in [5, 5.41) is 1.21. The molecule has 0 aliphatic carbocycles. The number of fused-ring (bicyclic) bond motifs is 1. The number of carbonyl (C=O) groups is 1. The molecule has 0 spiro atoms. The zero-order chi connectivity index (χ0) is 23.1. The molecule has 1 aromatic heterocycles. The van der Waals surface area contributed by atoms with Crippen LogP contribution in [0.1, 0.15) is 20.3 Å². The maximum atomic E-state index is 13.2. The van der Waals surface area contributed by atoms with Gasteiger partial charge < -0.3 is 9.64 Å². The second kappa shape index (κ2) is 11.8. The number of rotatable bonds is 11. The average Bonchev–Trinajstić information content (AvgIpc) is 3.24. The van der Waals surface area contributed by atoms with Gasteiger partial charge in [0.05, 0.1) is 16.8 Å². The number of likely N-dealkylation sites (N-methyl/N-ethyl adjacent to an activating group) is 1. The third-order valence-corrected chi connectivity index (χ3v) is 7.68. The van der Waals surface area contributed by atoms with Crippen LogP contribution < -0.4 is 9.64 Å². The smallest absolute Gasteiger partial charge is 0.229 e. The van der Waals surface area contributed by atoms with Crippen LogP contribution in [-0.2, 0) is 4.79 Å². The van der Waals surface area contributed by atoms with Crippen molar-refractivity contribution < 1.29 is 13.9 Å². The van der Waals surface area contributed by atoms with Crippen LogP contribution in [0.5, 0.6) is 5.75 Å². The van der Waals surface area contributed by atoms with E-state index in [4.69, 9.17) is 21.3 Å². The average molecular weight is 496 g/mol. The zero-order valence-corrected chi connectivity index (χ0v) is 20.8. The third-order valence-electron chi connectivity index (χ3n) is 5.13. The fraction of sp³-hybridized carbons (Fsp3) is 0.391. The van der Waals surface area contributed by atoms with Crippen molar-refractivity contribution in [2.45, 2.75) is 25.2 Å². The van der Waals surface area contributed by atoms with Crippen LogP contribution in [0.15, 0.2) is 41.3 Å². The Bertz CT molecular complexity index is 1040. The second-order valence-corrected chi connectivity index (χ2v) is 9.60. The fourth-order valence-electron chi connectivity index (χ4n) is 3.25. The lowest BCUT2D eigenvalue weighted by Gasteiger charge is -2.24. The monoisotopic (exact) mass is 495 g/mol. The van der Waals surface area contributed by atoms with Crippen LogP contribution in [0.3, 0.4) is 0 Å². The molecule has 5 nitrogen and oxygen atoms in total. The van der Waals surface area contributed by atoms with Gasteiger partial charge in [-0.3, -0.25) is 9.69 Å². The van der Waals surface area contributed by atoms with Crippen LogP contribution >= 0.6 is 34.7 Å². The number of aromatic nitrogens is 1. The molecule has 3 rings (SSSR count). The van der Waals surface area contributed by atoms with Crippen LogP contribution in [-0.4, -0.2) is 54.8 Å². The van der Waals surface area contributed by atoms with E-state index in [0.717, 1.165) is 29.2 Å². The van der Waals surface area contributed by atoms with Gasteiger partial charge in [0, 0.05) is 30.2 Å². The summed E-state index contributed by atoms with van der Waals surface area (Å²) in [6, 6.07) is 9.88. The van der Waals surface area contributed by atoms with Crippen molar-refractivity contribution in [1.29, 1.82) is 0 Å². The van der Waals surface area contributed by atoms with Crippen molar-refractivity contribution in [2.75, 3.05) is 43.9 Å². The summed E-state index contributed by atoms with van der Waals surface area (Å²) in [4.78, 5) is 22.9. The standard InChI is InChI=1S/C23H27ClFN3O2S2/c1-4-27(5-2)13-14-28(20(29)12-15-31-17-8-6-16(25)7-9-17)23-26-21-19(30-3)11-10-18(24)22(21)32-23/h6-11H,4-5,12-15H2,1-3H3. The van der Waals surface area contributed by atoms with E-state index in [1.165, 1.54) is 35.2 Å². The number of hydrogen-bond acceptors (Lipinski definition) is 6. The van der Waals surface area contributed by atoms with Crippen molar-refractivity contribution in [3.63, 3.8) is 0 Å². The number of thioether (sulfide) groups is 1. The molecule has 9 heteroatoms. The number of benzene rings is 2. The summed E-state index contributed by atoms with van der Waals surface area (Å²) in [7, 11) is 1.59. The van der Waals surface area contributed by atoms with E-state index >= 15 is 0 Å². The minimum absolute atomic E-state index is 0.000846. The van der Waals surface area contributed by atoms with Gasteiger partial charge in [0.25, 0.3) is 0 Å². The Hall–Kier alpha value is -1.87. The lowest BCUT2D eigenvalue weighted by atomic mass is 10.3. The minimum atomic E-state index is -0.266. The highest BCUT2D eigenvalue weighted by molar-refractivity contribution is 7.99. The van der Waals surface area contributed by atoms with E-state index in [9.17, 15) is 9.18 Å². The molecule has 3 aromatic rings. The Morgan fingerprint density at radius 1 is 1.16 bits per heavy atom. The van der Waals surface area contributed by atoms with Gasteiger partial charge in [-0.2, -0.15) is 0 Å². The van der Waals surface area contributed by atoms with Crippen molar-refractivity contribution >= 4 is 56.0 Å². The quantitative estimate of drug-likeness (QED) is 0.307. The van der Waals surface area contributed by atoms with E-state index in [-0.39, 0.29) is 11.7 Å². The molecular weight excluding hydrogens is 469 g/mol. The summed E-state index contributed by atoms with van der Waals surface area (Å²) in [6.07, 6.45) is 0.348. The summed E-state index contributed by atoms with van der Waals surface area (Å²) in [5.41, 5.74) is 0.668. The number of thiazole rings is 1. The van der Waals surface area contributed by atoms with Gasteiger partial charge in [0.1, 0.15) is 17.1 Å². The number of hydrogen-bond donors (Lipinski definition) is 0. The number of methoxy groups -OCH3 is 1. The second-order valence-electron chi connectivity index (χ2n) is 7.05. The molecule has 0 atom stereocenters. The number of nitrogens with zero attached hydrogens (tertiary/aromatic N) is 3. The zero-order valence-electron chi connectivity index (χ0n) is 18.4. The number of ether oxygens (including phenoxy) is 1. The Kier molecular flexibility index (Phi) is 9.16. The molecule has 0 bridgehead atoms. The molecule has 0 saturated heterocycles. The Morgan fingerprint density at radius 2 is 1.88 bits per heavy atom. The van der Waals surface area contributed by atoms with Crippen LogP contribution in [0, 0.1) is 5.82 Å². The van der Waals surface area contributed by atoms with Crippen LogP contribution in [0.2, 0.25) is 5.02 Å². The van der Waals surface area contributed by atoms with Gasteiger partial charge in [0.2, 0.25) is 5.91 Å². The molecule has 0 N–H and O–H groups in total. The molecule has 0 aliphatic rings. The molecule has 0 unspecified atom stereocenters. The minimum Gasteiger partial charge on any atom is -0.494 e. The lowest BCUT2D eigenvalue weighted by Crippen LogP contribution is -2.39. The predicted molar refractivity (Wildman–Crippen MR) is 133 cm³/mol. The van der Waals surface area contributed by atoms with E-state index in [1.807, 2.05) is 0 Å². The van der Waals surface area contributed by atoms with E-state index in [2.05, 4.69) is 18.7 Å². The van der Waals surface area contributed by atoms with Gasteiger partial charge in [0.15, 0.2) is 5.13 Å². The highest BCUT2D eigenvalue weighted by Gasteiger charge is 2.22. The van der Waals surface area contributed by atoms with E-state index < -0.39 is 0 Å². The molecule has 1 heterocycles. The van der Waals surface area contributed by atoms with Crippen LogP contribution in [0.25, 0.3) is 10.2 Å². The Labute approximate surface area is 201 Å². The summed E-state index contributed by atoms with van der Waals surface area (Å²) >= 11 is 9.33. The highest BCUT2D eigenvalue weighted by atomic mass is 35.5. The van der Waals surface area contributed by atoms with Gasteiger partial charge in [-0.05, 0) is 49.5 Å². The van der Waals surface area contributed by atoms with Crippen LogP contribution in [0.4, 0.5) is 9.52 Å². The van der Waals surface area contributed by atoms with Crippen molar-refractivity contribution in [3.05, 3.63) is 47.2 Å². The molecule has 2 aromatic carbocycles. The first-order chi connectivity index (χ1) is 15.5. The molecule has 0 fully saturated rings. The number of carbonyl (C=O) groups excluding carboxylic acids is 1. The largest absolute Gasteiger partial charge is 0.494 e. The molecule has 0 radical (unpaired) electrons. The van der Waals surface area contributed by atoms with Gasteiger partial charge in [-0.1, -0.05) is 36.8 Å². The van der Waals surface area contributed by atoms with E-state index in [1.54, 1.807) is 36.3 Å². The first-order valence-electron chi connectivity index (χ1n) is 10.5. The highest BCUT2D eigenvalue weighted by Crippen LogP contribution is 2.39. The normalized spacial score (nSPS) is 11.3. The van der Waals surface area contributed by atoms with Crippen molar-refractivity contribution in [2.24, 2.45) is 0 Å². The Balaban J connectivity index is 1.79. The first kappa shape index (κ1) is 24.8. The number of amides is 1. The summed E-state index contributed by atoms with van der Waals surface area (Å²) < 4.78 is 19.4. The first-order valence-corrected chi connectivity index (χ1v) is 12.7.